The van der Waals surface area contributed by atoms with Gasteiger partial charge in [-0.1, -0.05) is 23.7 Å². The molecule has 2 aromatic carbocycles. The van der Waals surface area contributed by atoms with E-state index in [2.05, 4.69) is 52.9 Å². The highest BCUT2D eigenvalue weighted by Gasteiger charge is 2.24. The van der Waals surface area contributed by atoms with Crippen molar-refractivity contribution in [1.29, 1.82) is 0 Å². The largest absolute Gasteiger partial charge is 0.368 e. The summed E-state index contributed by atoms with van der Waals surface area (Å²) in [7, 11) is 0. The van der Waals surface area contributed by atoms with Crippen LogP contribution >= 0.6 is 27.5 Å². The van der Waals surface area contributed by atoms with Crippen molar-refractivity contribution < 1.29 is 4.79 Å². The van der Waals surface area contributed by atoms with Gasteiger partial charge in [0.1, 0.15) is 0 Å². The maximum absolute atomic E-state index is 12.8. The van der Waals surface area contributed by atoms with E-state index in [1.165, 1.54) is 16.8 Å². The Bertz CT molecular complexity index is 770. The van der Waals surface area contributed by atoms with Gasteiger partial charge in [-0.3, -0.25) is 4.79 Å². The first-order chi connectivity index (χ1) is 11.5. The number of rotatable bonds is 2. The highest BCUT2D eigenvalue weighted by atomic mass is 79.9. The summed E-state index contributed by atoms with van der Waals surface area (Å²) in [5.74, 6) is 0.0324. The number of anilines is 1. The normalized spacial score (nSPS) is 14.8. The number of aryl methyl sites for hydroxylation is 1. The van der Waals surface area contributed by atoms with Crippen molar-refractivity contribution >= 4 is 39.1 Å². The Balaban J connectivity index is 1.72. The topological polar surface area (TPSA) is 23.6 Å². The van der Waals surface area contributed by atoms with Crippen LogP contribution < -0.4 is 4.90 Å². The number of amides is 1. The average molecular weight is 408 g/mol. The zero-order valence-electron chi connectivity index (χ0n) is 13.9. The Morgan fingerprint density at radius 1 is 1.08 bits per heavy atom. The van der Waals surface area contributed by atoms with E-state index < -0.39 is 0 Å². The quantitative estimate of drug-likeness (QED) is 0.721. The zero-order chi connectivity index (χ0) is 17.3. The summed E-state index contributed by atoms with van der Waals surface area (Å²) in [4.78, 5) is 17.0. The predicted molar refractivity (Wildman–Crippen MR) is 103 cm³/mol. The van der Waals surface area contributed by atoms with Crippen LogP contribution in [-0.4, -0.2) is 37.0 Å². The van der Waals surface area contributed by atoms with E-state index in [1.54, 1.807) is 12.1 Å². The van der Waals surface area contributed by atoms with Gasteiger partial charge in [-0.25, -0.2) is 0 Å². The number of carbonyl (C=O) groups is 1. The molecule has 0 saturated carbocycles. The monoisotopic (exact) mass is 406 g/mol. The lowest BCUT2D eigenvalue weighted by Gasteiger charge is -2.37. The maximum Gasteiger partial charge on any atom is 0.255 e. The average Bonchev–Trinajstić information content (AvgIpc) is 2.59. The molecule has 0 radical (unpaired) electrons. The lowest BCUT2D eigenvalue weighted by atomic mass is 10.1. The molecule has 0 bridgehead atoms. The third kappa shape index (κ3) is 3.45. The lowest BCUT2D eigenvalue weighted by Crippen LogP contribution is -2.49. The summed E-state index contributed by atoms with van der Waals surface area (Å²) in [5, 5.41) is 0.579. The first-order valence-corrected chi connectivity index (χ1v) is 9.20. The van der Waals surface area contributed by atoms with Crippen molar-refractivity contribution in [3.8, 4) is 0 Å². The SMILES string of the molecule is Cc1cccc(N2CCN(C(=O)c3cc(Cl)ccc3Br)CC2)c1C. The first kappa shape index (κ1) is 17.3. The minimum atomic E-state index is 0.0324. The van der Waals surface area contributed by atoms with Crippen LogP contribution in [0, 0.1) is 13.8 Å². The van der Waals surface area contributed by atoms with Crippen molar-refractivity contribution in [2.45, 2.75) is 13.8 Å². The predicted octanol–water partition coefficient (Wildman–Crippen LogP) is 4.68. The summed E-state index contributed by atoms with van der Waals surface area (Å²) in [5.41, 5.74) is 4.51. The Kier molecular flexibility index (Phi) is 5.16. The lowest BCUT2D eigenvalue weighted by molar-refractivity contribution is 0.0746. The Hall–Kier alpha value is -1.52. The standard InChI is InChI=1S/C19H20BrClN2O/c1-13-4-3-5-18(14(13)2)22-8-10-23(11-9-22)19(24)16-12-15(21)6-7-17(16)20/h3-7,12H,8-11H2,1-2H3. The fraction of sp³-hybridized carbons (Fsp3) is 0.316. The molecule has 3 nitrogen and oxygen atoms in total. The summed E-state index contributed by atoms with van der Waals surface area (Å²) >= 11 is 9.48. The molecule has 1 amide bonds. The molecule has 126 valence electrons. The molecule has 1 saturated heterocycles. The maximum atomic E-state index is 12.8. The summed E-state index contributed by atoms with van der Waals surface area (Å²) in [6.45, 7) is 7.40. The second-order valence-electron chi connectivity index (χ2n) is 6.12. The highest BCUT2D eigenvalue weighted by Crippen LogP contribution is 2.26. The van der Waals surface area contributed by atoms with Crippen LogP contribution in [0.4, 0.5) is 5.69 Å². The van der Waals surface area contributed by atoms with Crippen LogP contribution in [0.3, 0.4) is 0 Å². The van der Waals surface area contributed by atoms with Crippen LogP contribution in [0.15, 0.2) is 40.9 Å². The number of piperazine rings is 1. The van der Waals surface area contributed by atoms with Gasteiger partial charge < -0.3 is 9.80 Å². The van der Waals surface area contributed by atoms with E-state index in [4.69, 9.17) is 11.6 Å². The van der Waals surface area contributed by atoms with Gasteiger partial charge in [-0.05, 0) is 65.2 Å². The molecule has 24 heavy (non-hydrogen) atoms. The van der Waals surface area contributed by atoms with Crippen LogP contribution in [0.25, 0.3) is 0 Å². The minimum absolute atomic E-state index is 0.0324. The van der Waals surface area contributed by atoms with Gasteiger partial charge in [-0.15, -0.1) is 0 Å². The minimum Gasteiger partial charge on any atom is -0.368 e. The van der Waals surface area contributed by atoms with Crippen LogP contribution in [0.5, 0.6) is 0 Å². The fourth-order valence-corrected chi connectivity index (χ4v) is 3.65. The molecule has 1 heterocycles. The molecule has 2 aromatic rings. The van der Waals surface area contributed by atoms with E-state index >= 15 is 0 Å². The third-order valence-electron chi connectivity index (χ3n) is 4.64. The van der Waals surface area contributed by atoms with Crippen molar-refractivity contribution in [2.75, 3.05) is 31.1 Å². The molecular weight excluding hydrogens is 388 g/mol. The number of hydrogen-bond acceptors (Lipinski definition) is 2. The van der Waals surface area contributed by atoms with E-state index in [0.29, 0.717) is 23.7 Å². The summed E-state index contributed by atoms with van der Waals surface area (Å²) in [6, 6.07) is 11.7. The molecule has 5 heteroatoms. The van der Waals surface area contributed by atoms with Crippen molar-refractivity contribution in [3.05, 3.63) is 62.6 Å². The molecular formula is C19H20BrClN2O. The van der Waals surface area contributed by atoms with Gasteiger partial charge in [0.15, 0.2) is 0 Å². The van der Waals surface area contributed by atoms with Gasteiger partial charge in [0, 0.05) is 41.4 Å². The van der Waals surface area contributed by atoms with E-state index in [1.807, 2.05) is 11.0 Å². The van der Waals surface area contributed by atoms with E-state index in [0.717, 1.165) is 17.6 Å². The smallest absolute Gasteiger partial charge is 0.255 e. The Morgan fingerprint density at radius 3 is 2.50 bits per heavy atom. The number of benzene rings is 2. The number of nitrogens with zero attached hydrogens (tertiary/aromatic N) is 2. The van der Waals surface area contributed by atoms with Crippen molar-refractivity contribution in [1.82, 2.24) is 4.90 Å². The number of halogens is 2. The van der Waals surface area contributed by atoms with Gasteiger partial charge in [0.25, 0.3) is 5.91 Å². The Morgan fingerprint density at radius 2 is 1.79 bits per heavy atom. The van der Waals surface area contributed by atoms with E-state index in [9.17, 15) is 4.79 Å². The molecule has 0 aliphatic carbocycles. The molecule has 1 aliphatic heterocycles. The summed E-state index contributed by atoms with van der Waals surface area (Å²) < 4.78 is 0.786. The van der Waals surface area contributed by atoms with Gasteiger partial charge in [0.2, 0.25) is 0 Å². The molecule has 1 aliphatic rings. The van der Waals surface area contributed by atoms with Gasteiger partial charge >= 0.3 is 0 Å². The highest BCUT2D eigenvalue weighted by molar-refractivity contribution is 9.10. The van der Waals surface area contributed by atoms with E-state index in [-0.39, 0.29) is 5.91 Å². The number of hydrogen-bond donors (Lipinski definition) is 0. The number of carbonyl (C=O) groups excluding carboxylic acids is 1. The van der Waals surface area contributed by atoms with Crippen molar-refractivity contribution in [3.63, 3.8) is 0 Å². The second kappa shape index (κ2) is 7.16. The first-order valence-electron chi connectivity index (χ1n) is 8.03. The van der Waals surface area contributed by atoms with Crippen LogP contribution in [-0.2, 0) is 0 Å². The molecule has 3 rings (SSSR count). The fourth-order valence-electron chi connectivity index (χ4n) is 3.06. The zero-order valence-corrected chi connectivity index (χ0v) is 16.2. The molecule has 1 fully saturated rings. The Labute approximate surface area is 156 Å². The van der Waals surface area contributed by atoms with Crippen LogP contribution in [0.2, 0.25) is 5.02 Å². The van der Waals surface area contributed by atoms with Gasteiger partial charge in [0.05, 0.1) is 5.56 Å². The van der Waals surface area contributed by atoms with Crippen LogP contribution in [0.1, 0.15) is 21.5 Å². The van der Waals surface area contributed by atoms with Crippen molar-refractivity contribution in [2.24, 2.45) is 0 Å². The third-order valence-corrected chi connectivity index (χ3v) is 5.57. The second-order valence-corrected chi connectivity index (χ2v) is 7.41. The molecule has 0 atom stereocenters. The summed E-state index contributed by atoms with van der Waals surface area (Å²) in [6.07, 6.45) is 0. The molecule has 0 aromatic heterocycles. The molecule has 0 unspecified atom stereocenters. The van der Waals surface area contributed by atoms with Gasteiger partial charge in [-0.2, -0.15) is 0 Å². The molecule has 0 spiro atoms. The molecule has 0 N–H and O–H groups in total.